The fourth-order valence-corrected chi connectivity index (χ4v) is 2.00. The summed E-state index contributed by atoms with van der Waals surface area (Å²) >= 11 is 4.32. The quantitative estimate of drug-likeness (QED) is 0.717. The molecule has 5 heteroatoms. The van der Waals surface area contributed by atoms with E-state index in [2.05, 4.69) is 17.9 Å². The van der Waals surface area contributed by atoms with Crippen LogP contribution in [0.4, 0.5) is 0 Å². The van der Waals surface area contributed by atoms with Crippen molar-refractivity contribution in [1.29, 1.82) is 0 Å². The highest BCUT2D eigenvalue weighted by molar-refractivity contribution is 7.81. The Bertz CT molecular complexity index is 281. The highest BCUT2D eigenvalue weighted by atomic mass is 32.1. The van der Waals surface area contributed by atoms with Crippen LogP contribution in [0.1, 0.15) is 27.2 Å². The molecule has 0 aromatic rings. The Labute approximate surface area is 102 Å². The van der Waals surface area contributed by atoms with Gasteiger partial charge in [0.2, 0.25) is 11.8 Å². The topological polar surface area (TPSA) is 49.4 Å². The third kappa shape index (κ3) is 3.40. The van der Waals surface area contributed by atoms with Crippen molar-refractivity contribution >= 4 is 24.4 Å². The average Bonchev–Trinajstić information content (AvgIpc) is 2.62. The summed E-state index contributed by atoms with van der Waals surface area (Å²) in [5.41, 5.74) is 0. The second kappa shape index (κ2) is 5.57. The zero-order chi connectivity index (χ0) is 12.3. The Kier molecular flexibility index (Phi) is 4.65. The first-order valence-corrected chi connectivity index (χ1v) is 6.17. The monoisotopic (exact) mass is 244 g/mol. The van der Waals surface area contributed by atoms with E-state index in [1.165, 1.54) is 6.92 Å². The Hall–Kier alpha value is -0.710. The molecule has 2 atom stereocenters. The highest BCUT2D eigenvalue weighted by Gasteiger charge is 2.30. The van der Waals surface area contributed by atoms with Crippen molar-refractivity contribution in [3.8, 4) is 0 Å². The molecule has 0 bridgehead atoms. The molecule has 2 amide bonds. The zero-order valence-electron chi connectivity index (χ0n) is 10.1. The zero-order valence-corrected chi connectivity index (χ0v) is 11.0. The fraction of sp³-hybridized carbons (Fsp3) is 0.818. The number of amides is 2. The molecule has 2 unspecified atom stereocenters. The van der Waals surface area contributed by atoms with E-state index in [1.54, 1.807) is 4.90 Å². The molecule has 4 nitrogen and oxygen atoms in total. The maximum absolute atomic E-state index is 12.0. The molecular formula is C11H20N2O2S. The third-order valence-electron chi connectivity index (χ3n) is 2.79. The van der Waals surface area contributed by atoms with Crippen LogP contribution in [0, 0.1) is 5.92 Å². The van der Waals surface area contributed by atoms with Gasteiger partial charge in [0.25, 0.3) is 0 Å². The Morgan fingerprint density at radius 1 is 1.44 bits per heavy atom. The summed E-state index contributed by atoms with van der Waals surface area (Å²) in [6, 6.07) is 0.106. The van der Waals surface area contributed by atoms with Crippen LogP contribution in [0.25, 0.3) is 0 Å². The number of hydrogen-bond acceptors (Lipinski definition) is 3. The van der Waals surface area contributed by atoms with Gasteiger partial charge in [-0.25, -0.2) is 0 Å². The van der Waals surface area contributed by atoms with Gasteiger partial charge in [-0.15, -0.1) is 0 Å². The number of thiol groups is 1. The van der Waals surface area contributed by atoms with Crippen LogP contribution in [0.15, 0.2) is 0 Å². The Morgan fingerprint density at radius 2 is 2.06 bits per heavy atom. The van der Waals surface area contributed by atoms with E-state index >= 15 is 0 Å². The van der Waals surface area contributed by atoms with Crippen LogP contribution in [0.3, 0.4) is 0 Å². The lowest BCUT2D eigenvalue weighted by molar-refractivity contribution is -0.130. The first kappa shape index (κ1) is 13.4. The highest BCUT2D eigenvalue weighted by Crippen LogP contribution is 2.17. The van der Waals surface area contributed by atoms with Crippen molar-refractivity contribution in [2.45, 2.75) is 38.5 Å². The minimum Gasteiger partial charge on any atom is -0.352 e. The Morgan fingerprint density at radius 3 is 2.56 bits per heavy atom. The number of carbonyl (C=O) groups is 2. The number of nitrogens with one attached hydrogen (secondary N) is 1. The standard InChI is InChI=1S/C11H20N2O2S/c1-7(2)10(16)11(15)13-5-4-9(6-13)12-8(3)14/h7,9-10,16H,4-6H2,1-3H3,(H,12,14). The van der Waals surface area contributed by atoms with Crippen LogP contribution in [0.2, 0.25) is 0 Å². The van der Waals surface area contributed by atoms with Gasteiger partial charge in [0.1, 0.15) is 0 Å². The van der Waals surface area contributed by atoms with Gasteiger partial charge in [0.15, 0.2) is 0 Å². The lowest BCUT2D eigenvalue weighted by atomic mass is 10.1. The van der Waals surface area contributed by atoms with Gasteiger partial charge in [-0.3, -0.25) is 9.59 Å². The first-order valence-electron chi connectivity index (χ1n) is 5.65. The number of carbonyl (C=O) groups excluding carboxylic acids is 2. The molecule has 0 aliphatic carbocycles. The van der Waals surface area contributed by atoms with Gasteiger partial charge in [-0.1, -0.05) is 13.8 Å². The summed E-state index contributed by atoms with van der Waals surface area (Å²) in [5, 5.41) is 2.60. The average molecular weight is 244 g/mol. The van der Waals surface area contributed by atoms with E-state index in [-0.39, 0.29) is 29.0 Å². The molecule has 0 saturated carbocycles. The molecule has 0 aromatic carbocycles. The van der Waals surface area contributed by atoms with Gasteiger partial charge in [0, 0.05) is 26.1 Å². The maximum atomic E-state index is 12.0. The third-order valence-corrected chi connectivity index (χ3v) is 3.61. The van der Waals surface area contributed by atoms with Crippen molar-refractivity contribution in [3.63, 3.8) is 0 Å². The smallest absolute Gasteiger partial charge is 0.235 e. The van der Waals surface area contributed by atoms with Crippen LogP contribution in [-0.4, -0.2) is 41.1 Å². The Balaban J connectivity index is 2.46. The van der Waals surface area contributed by atoms with Crippen molar-refractivity contribution < 1.29 is 9.59 Å². The summed E-state index contributed by atoms with van der Waals surface area (Å²) in [6.07, 6.45) is 0.837. The van der Waals surface area contributed by atoms with Crippen molar-refractivity contribution in [2.24, 2.45) is 5.92 Å². The minimum atomic E-state index is -0.240. The van der Waals surface area contributed by atoms with E-state index < -0.39 is 0 Å². The summed E-state index contributed by atoms with van der Waals surface area (Å²) in [4.78, 5) is 24.6. The molecule has 0 radical (unpaired) electrons. The summed E-state index contributed by atoms with van der Waals surface area (Å²) in [6.45, 7) is 6.80. The first-order chi connectivity index (χ1) is 7.41. The number of rotatable bonds is 3. The molecule has 16 heavy (non-hydrogen) atoms. The van der Waals surface area contributed by atoms with E-state index in [0.717, 1.165) is 6.42 Å². The molecule has 0 aromatic heterocycles. The fourth-order valence-electron chi connectivity index (χ4n) is 1.84. The van der Waals surface area contributed by atoms with E-state index in [9.17, 15) is 9.59 Å². The van der Waals surface area contributed by atoms with E-state index in [0.29, 0.717) is 13.1 Å². The van der Waals surface area contributed by atoms with Gasteiger partial charge in [-0.2, -0.15) is 12.6 Å². The van der Waals surface area contributed by atoms with Gasteiger partial charge in [0.05, 0.1) is 5.25 Å². The molecule has 1 fully saturated rings. The summed E-state index contributed by atoms with van der Waals surface area (Å²) in [7, 11) is 0. The van der Waals surface area contributed by atoms with Crippen molar-refractivity contribution in [1.82, 2.24) is 10.2 Å². The molecule has 1 rings (SSSR count). The number of likely N-dealkylation sites (tertiary alicyclic amines) is 1. The second-order valence-corrected chi connectivity index (χ2v) is 5.22. The maximum Gasteiger partial charge on any atom is 0.235 e. The van der Waals surface area contributed by atoms with Crippen LogP contribution < -0.4 is 5.32 Å². The molecular weight excluding hydrogens is 224 g/mol. The van der Waals surface area contributed by atoms with Crippen LogP contribution in [-0.2, 0) is 9.59 Å². The van der Waals surface area contributed by atoms with E-state index in [1.807, 2.05) is 13.8 Å². The van der Waals surface area contributed by atoms with Crippen LogP contribution >= 0.6 is 12.6 Å². The van der Waals surface area contributed by atoms with Crippen LogP contribution in [0.5, 0.6) is 0 Å². The molecule has 0 spiro atoms. The van der Waals surface area contributed by atoms with Crippen molar-refractivity contribution in [2.75, 3.05) is 13.1 Å². The van der Waals surface area contributed by atoms with Crippen molar-refractivity contribution in [3.05, 3.63) is 0 Å². The van der Waals surface area contributed by atoms with Gasteiger partial charge in [-0.05, 0) is 12.3 Å². The minimum absolute atomic E-state index is 0.0365. The molecule has 1 heterocycles. The SMILES string of the molecule is CC(=O)NC1CCN(C(=O)C(S)C(C)C)C1. The largest absolute Gasteiger partial charge is 0.352 e. The second-order valence-electron chi connectivity index (χ2n) is 4.66. The molecule has 1 saturated heterocycles. The predicted octanol–water partition coefficient (Wildman–Crippen LogP) is 0.678. The summed E-state index contributed by atoms with van der Waals surface area (Å²) < 4.78 is 0. The normalized spacial score (nSPS) is 22.3. The molecule has 1 N–H and O–H groups in total. The lowest BCUT2D eigenvalue weighted by Crippen LogP contribution is -2.41. The predicted molar refractivity (Wildman–Crippen MR) is 66.4 cm³/mol. The summed E-state index contributed by atoms with van der Waals surface area (Å²) in [5.74, 6) is 0.271. The lowest BCUT2D eigenvalue weighted by Gasteiger charge is -2.22. The van der Waals surface area contributed by atoms with E-state index in [4.69, 9.17) is 0 Å². The molecule has 1 aliphatic heterocycles. The van der Waals surface area contributed by atoms with Gasteiger partial charge >= 0.3 is 0 Å². The molecule has 92 valence electrons. The number of nitrogens with zero attached hydrogens (tertiary/aromatic N) is 1. The molecule has 1 aliphatic rings. The number of hydrogen-bond donors (Lipinski definition) is 2. The van der Waals surface area contributed by atoms with Gasteiger partial charge < -0.3 is 10.2 Å².